The lowest BCUT2D eigenvalue weighted by molar-refractivity contribution is 0.00858. The van der Waals surface area contributed by atoms with Crippen LogP contribution in [0.1, 0.15) is 37.7 Å². The van der Waals surface area contributed by atoms with Gasteiger partial charge in [-0.1, -0.05) is 12.1 Å². The van der Waals surface area contributed by atoms with E-state index >= 15 is 0 Å². The lowest BCUT2D eigenvalue weighted by Gasteiger charge is -2.24. The molecule has 2 rings (SSSR count). The average molecular weight is 266 g/mol. The number of hydrogen-bond donors (Lipinski definition) is 2. The van der Waals surface area contributed by atoms with E-state index in [0.29, 0.717) is 6.10 Å². The van der Waals surface area contributed by atoms with Crippen LogP contribution in [0.4, 0.5) is 4.39 Å². The van der Waals surface area contributed by atoms with Crippen LogP contribution in [0.5, 0.6) is 0 Å². The van der Waals surface area contributed by atoms with Crippen molar-refractivity contribution in [2.45, 2.75) is 50.7 Å². The van der Waals surface area contributed by atoms with Gasteiger partial charge in [0.15, 0.2) is 0 Å². The summed E-state index contributed by atoms with van der Waals surface area (Å²) >= 11 is 0. The van der Waals surface area contributed by atoms with Crippen molar-refractivity contribution >= 4 is 0 Å². The molecule has 1 aromatic rings. The molecule has 0 saturated carbocycles. The number of nitrogens with two attached hydrogens (primary N) is 1. The molecule has 0 aromatic heterocycles. The predicted octanol–water partition coefficient (Wildman–Crippen LogP) is 2.55. The van der Waals surface area contributed by atoms with E-state index < -0.39 is 0 Å². The fraction of sp³-hybridized carbons (Fsp3) is 0.600. The number of halogens is 1. The highest BCUT2D eigenvalue weighted by atomic mass is 19.1. The van der Waals surface area contributed by atoms with Crippen LogP contribution in [0.3, 0.4) is 0 Å². The van der Waals surface area contributed by atoms with E-state index in [-0.39, 0.29) is 11.9 Å². The van der Waals surface area contributed by atoms with Crippen molar-refractivity contribution in [1.82, 2.24) is 5.43 Å². The van der Waals surface area contributed by atoms with Crippen LogP contribution >= 0.6 is 0 Å². The van der Waals surface area contributed by atoms with E-state index in [9.17, 15) is 4.39 Å². The Balaban J connectivity index is 1.79. The number of ether oxygens (including phenoxy) is 1. The van der Waals surface area contributed by atoms with E-state index in [4.69, 9.17) is 10.6 Å². The molecule has 106 valence electrons. The van der Waals surface area contributed by atoms with E-state index in [1.54, 1.807) is 12.1 Å². The highest BCUT2D eigenvalue weighted by Gasteiger charge is 2.16. The minimum atomic E-state index is -0.191. The highest BCUT2D eigenvalue weighted by molar-refractivity contribution is 5.17. The number of hydrogen-bond acceptors (Lipinski definition) is 3. The molecule has 1 aliphatic heterocycles. The summed E-state index contributed by atoms with van der Waals surface area (Å²) in [5.41, 5.74) is 3.81. The second-order valence-electron chi connectivity index (χ2n) is 5.26. The molecular weight excluding hydrogens is 243 g/mol. The molecule has 4 heteroatoms. The third-order valence-corrected chi connectivity index (χ3v) is 3.72. The lowest BCUT2D eigenvalue weighted by Crippen LogP contribution is -2.37. The molecule has 1 fully saturated rings. The second kappa shape index (κ2) is 7.58. The molecular formula is C15H23FN2O. The molecule has 3 N–H and O–H groups in total. The van der Waals surface area contributed by atoms with Gasteiger partial charge in [-0.25, -0.2) is 4.39 Å². The molecule has 3 nitrogen and oxygen atoms in total. The normalized spacial score (nSPS) is 21.3. The summed E-state index contributed by atoms with van der Waals surface area (Å²) in [6, 6.07) is 6.88. The molecule has 19 heavy (non-hydrogen) atoms. The van der Waals surface area contributed by atoms with E-state index in [1.807, 2.05) is 6.07 Å². The molecule has 1 aromatic carbocycles. The summed E-state index contributed by atoms with van der Waals surface area (Å²) in [6.07, 6.45) is 6.69. The smallest absolute Gasteiger partial charge is 0.123 e. The van der Waals surface area contributed by atoms with Crippen molar-refractivity contribution in [3.05, 3.63) is 35.6 Å². The van der Waals surface area contributed by atoms with E-state index in [1.165, 1.54) is 18.9 Å². The maximum absolute atomic E-state index is 13.1. The van der Waals surface area contributed by atoms with Crippen molar-refractivity contribution < 1.29 is 9.13 Å². The van der Waals surface area contributed by atoms with Crippen LogP contribution < -0.4 is 11.3 Å². The van der Waals surface area contributed by atoms with Crippen LogP contribution in [-0.2, 0) is 11.2 Å². The van der Waals surface area contributed by atoms with E-state index in [2.05, 4.69) is 5.43 Å². The summed E-state index contributed by atoms with van der Waals surface area (Å²) in [5, 5.41) is 0. The molecule has 1 heterocycles. The summed E-state index contributed by atoms with van der Waals surface area (Å²) in [6.45, 7) is 0.884. The first-order chi connectivity index (χ1) is 9.28. The van der Waals surface area contributed by atoms with Crippen molar-refractivity contribution in [2.24, 2.45) is 5.84 Å². The van der Waals surface area contributed by atoms with Gasteiger partial charge in [0.2, 0.25) is 0 Å². The zero-order valence-electron chi connectivity index (χ0n) is 11.3. The lowest BCUT2D eigenvalue weighted by atomic mass is 9.98. The monoisotopic (exact) mass is 266 g/mol. The maximum Gasteiger partial charge on any atom is 0.123 e. The minimum Gasteiger partial charge on any atom is -0.378 e. The Kier molecular flexibility index (Phi) is 5.76. The first-order valence-electron chi connectivity index (χ1n) is 7.10. The molecule has 1 aliphatic rings. The van der Waals surface area contributed by atoms with Crippen LogP contribution in [0.2, 0.25) is 0 Å². The van der Waals surface area contributed by atoms with Crippen molar-refractivity contribution in [1.29, 1.82) is 0 Å². The number of hydrazine groups is 1. The summed E-state index contributed by atoms with van der Waals surface area (Å²) in [4.78, 5) is 0. The first kappa shape index (κ1) is 14.4. The molecule has 0 amide bonds. The molecule has 0 aliphatic carbocycles. The van der Waals surface area contributed by atoms with Crippen LogP contribution in [-0.4, -0.2) is 18.8 Å². The quantitative estimate of drug-likeness (QED) is 0.614. The van der Waals surface area contributed by atoms with Crippen LogP contribution in [0.25, 0.3) is 0 Å². The van der Waals surface area contributed by atoms with Gasteiger partial charge >= 0.3 is 0 Å². The van der Waals surface area contributed by atoms with Gasteiger partial charge in [0.1, 0.15) is 5.82 Å². The van der Waals surface area contributed by atoms with Gasteiger partial charge in [0.25, 0.3) is 0 Å². The minimum absolute atomic E-state index is 0.173. The van der Waals surface area contributed by atoms with Gasteiger partial charge in [0, 0.05) is 12.6 Å². The first-order valence-corrected chi connectivity index (χ1v) is 7.10. The Morgan fingerprint density at radius 3 is 3.00 bits per heavy atom. The summed E-state index contributed by atoms with van der Waals surface area (Å²) in [7, 11) is 0. The molecule has 1 saturated heterocycles. The maximum atomic E-state index is 13.1. The molecule has 0 spiro atoms. The second-order valence-corrected chi connectivity index (χ2v) is 5.26. The molecule has 0 radical (unpaired) electrons. The SMILES string of the molecule is NNC(CCC1CCCCO1)Cc1cccc(F)c1. The number of rotatable bonds is 6. The van der Waals surface area contributed by atoms with Crippen molar-refractivity contribution in [3.8, 4) is 0 Å². The largest absolute Gasteiger partial charge is 0.378 e. The Morgan fingerprint density at radius 1 is 1.42 bits per heavy atom. The van der Waals surface area contributed by atoms with Crippen molar-refractivity contribution in [2.75, 3.05) is 6.61 Å². The fourth-order valence-corrected chi connectivity index (χ4v) is 2.61. The molecule has 2 atom stereocenters. The predicted molar refractivity (Wildman–Crippen MR) is 74.0 cm³/mol. The molecule has 2 unspecified atom stereocenters. The number of nitrogens with one attached hydrogen (secondary N) is 1. The van der Waals surface area contributed by atoms with Gasteiger partial charge in [0.05, 0.1) is 6.10 Å². The van der Waals surface area contributed by atoms with Gasteiger partial charge in [-0.2, -0.15) is 0 Å². The van der Waals surface area contributed by atoms with Gasteiger partial charge in [-0.15, -0.1) is 0 Å². The zero-order valence-corrected chi connectivity index (χ0v) is 11.3. The fourth-order valence-electron chi connectivity index (χ4n) is 2.61. The van der Waals surface area contributed by atoms with Crippen LogP contribution in [0, 0.1) is 5.82 Å². The highest BCUT2D eigenvalue weighted by Crippen LogP contribution is 2.18. The van der Waals surface area contributed by atoms with Gasteiger partial charge in [-0.3, -0.25) is 11.3 Å². The van der Waals surface area contributed by atoms with Crippen LogP contribution in [0.15, 0.2) is 24.3 Å². The van der Waals surface area contributed by atoms with Crippen molar-refractivity contribution in [3.63, 3.8) is 0 Å². The zero-order chi connectivity index (χ0) is 13.5. The standard InChI is InChI=1S/C15H23FN2O/c16-13-5-3-4-12(10-13)11-14(18-17)7-8-15-6-1-2-9-19-15/h3-5,10,14-15,18H,1-2,6-9,11,17H2. The summed E-state index contributed by atoms with van der Waals surface area (Å²) in [5.74, 6) is 5.40. The molecule has 0 bridgehead atoms. The Morgan fingerprint density at radius 2 is 2.32 bits per heavy atom. The Labute approximate surface area is 114 Å². The van der Waals surface area contributed by atoms with Gasteiger partial charge in [-0.05, 0) is 56.2 Å². The Hall–Kier alpha value is -0.970. The summed E-state index contributed by atoms with van der Waals surface area (Å²) < 4.78 is 18.8. The third-order valence-electron chi connectivity index (χ3n) is 3.72. The van der Waals surface area contributed by atoms with E-state index in [0.717, 1.165) is 37.9 Å². The van der Waals surface area contributed by atoms with Gasteiger partial charge < -0.3 is 4.74 Å². The number of benzene rings is 1. The average Bonchev–Trinajstić information content (AvgIpc) is 2.44. The topological polar surface area (TPSA) is 47.3 Å². The Bertz CT molecular complexity index is 380. The third kappa shape index (κ3) is 4.90.